The second kappa shape index (κ2) is 8.80. The van der Waals surface area contributed by atoms with Crippen molar-refractivity contribution in [3.05, 3.63) is 35.9 Å². The summed E-state index contributed by atoms with van der Waals surface area (Å²) >= 11 is 0. The zero-order valence-corrected chi connectivity index (χ0v) is 15.3. The van der Waals surface area contributed by atoms with Gasteiger partial charge in [0.15, 0.2) is 0 Å². The molecule has 6 heteroatoms. The van der Waals surface area contributed by atoms with Gasteiger partial charge in [-0.3, -0.25) is 4.90 Å². The maximum atomic E-state index is 13.2. The quantitative estimate of drug-likeness (QED) is 0.860. The highest BCUT2D eigenvalue weighted by atomic mass is 19.3. The second-order valence-corrected chi connectivity index (χ2v) is 7.47. The van der Waals surface area contributed by atoms with E-state index >= 15 is 0 Å². The highest BCUT2D eigenvalue weighted by molar-refractivity contribution is 5.74. The molecule has 2 heterocycles. The molecule has 0 aliphatic carbocycles. The first-order valence-corrected chi connectivity index (χ1v) is 9.72. The van der Waals surface area contributed by atoms with E-state index in [1.54, 1.807) is 0 Å². The lowest BCUT2D eigenvalue weighted by Gasteiger charge is -2.36. The lowest BCUT2D eigenvalue weighted by Crippen LogP contribution is -2.48. The van der Waals surface area contributed by atoms with Crippen molar-refractivity contribution in [1.29, 1.82) is 0 Å². The monoisotopic (exact) mass is 365 g/mol. The smallest absolute Gasteiger partial charge is 0.317 e. The van der Waals surface area contributed by atoms with E-state index in [0.29, 0.717) is 12.6 Å². The molecule has 1 N–H and O–H groups in total. The molecule has 2 aliphatic heterocycles. The third-order valence-electron chi connectivity index (χ3n) is 5.51. The first-order valence-electron chi connectivity index (χ1n) is 9.72. The molecule has 0 unspecified atom stereocenters. The largest absolute Gasteiger partial charge is 0.338 e. The van der Waals surface area contributed by atoms with Gasteiger partial charge in [-0.05, 0) is 31.4 Å². The van der Waals surface area contributed by atoms with Gasteiger partial charge in [0, 0.05) is 45.1 Å². The fraction of sp³-hybridized carbons (Fsp3) is 0.650. The number of halogens is 2. The highest BCUT2D eigenvalue weighted by Crippen LogP contribution is 2.27. The summed E-state index contributed by atoms with van der Waals surface area (Å²) in [6, 6.07) is 10.7. The molecule has 3 rings (SSSR count). The zero-order chi connectivity index (χ0) is 18.4. The summed E-state index contributed by atoms with van der Waals surface area (Å²) in [6.07, 6.45) is 4.05. The second-order valence-electron chi connectivity index (χ2n) is 7.47. The van der Waals surface area contributed by atoms with Gasteiger partial charge in [-0.2, -0.15) is 0 Å². The average Bonchev–Trinajstić information content (AvgIpc) is 2.64. The molecule has 0 saturated carbocycles. The van der Waals surface area contributed by atoms with Crippen molar-refractivity contribution in [2.75, 3.05) is 26.2 Å². The average molecular weight is 365 g/mol. The van der Waals surface area contributed by atoms with E-state index in [2.05, 4.69) is 34.5 Å². The van der Waals surface area contributed by atoms with Crippen LogP contribution in [0.25, 0.3) is 0 Å². The standard InChI is InChI=1S/C20H29F2N3O/c21-20(22)10-14-24(15-11-20)19(26)23-12-9-18-8-4-5-13-25(18)16-17-6-2-1-3-7-17/h1-3,6-7,18H,4-5,8-16H2,(H,23,26)/t18-/m0/s1. The Labute approximate surface area is 154 Å². The summed E-state index contributed by atoms with van der Waals surface area (Å²) in [5, 5.41) is 2.93. The van der Waals surface area contributed by atoms with Gasteiger partial charge < -0.3 is 10.2 Å². The van der Waals surface area contributed by atoms with Crippen molar-refractivity contribution >= 4 is 6.03 Å². The number of carbonyl (C=O) groups is 1. The minimum atomic E-state index is -2.61. The number of nitrogens with zero attached hydrogens (tertiary/aromatic N) is 2. The number of rotatable bonds is 5. The molecule has 1 aromatic rings. The summed E-state index contributed by atoms with van der Waals surface area (Å²) in [7, 11) is 0. The van der Waals surface area contributed by atoms with Crippen LogP contribution >= 0.6 is 0 Å². The number of alkyl halides is 2. The first-order chi connectivity index (χ1) is 12.5. The number of hydrogen-bond acceptors (Lipinski definition) is 2. The van der Waals surface area contributed by atoms with Crippen LogP contribution < -0.4 is 5.32 Å². The van der Waals surface area contributed by atoms with Crippen LogP contribution in [0.4, 0.5) is 13.6 Å². The van der Waals surface area contributed by atoms with Crippen molar-refractivity contribution < 1.29 is 13.6 Å². The van der Waals surface area contributed by atoms with Crippen LogP contribution in [0.3, 0.4) is 0 Å². The van der Waals surface area contributed by atoms with Gasteiger partial charge in [0.2, 0.25) is 0 Å². The number of hydrogen-bond donors (Lipinski definition) is 1. The molecular formula is C20H29F2N3O. The fourth-order valence-electron chi connectivity index (χ4n) is 3.91. The molecule has 144 valence electrons. The Bertz CT molecular complexity index is 572. The third kappa shape index (κ3) is 5.40. The molecule has 2 fully saturated rings. The zero-order valence-electron chi connectivity index (χ0n) is 15.3. The number of likely N-dealkylation sites (tertiary alicyclic amines) is 2. The summed E-state index contributed by atoms with van der Waals surface area (Å²) in [5.41, 5.74) is 1.32. The maximum Gasteiger partial charge on any atom is 0.317 e. The molecule has 2 saturated heterocycles. The highest BCUT2D eigenvalue weighted by Gasteiger charge is 2.35. The van der Waals surface area contributed by atoms with Crippen LogP contribution in [0.5, 0.6) is 0 Å². The van der Waals surface area contributed by atoms with Gasteiger partial charge in [-0.25, -0.2) is 13.6 Å². The van der Waals surface area contributed by atoms with Gasteiger partial charge in [-0.1, -0.05) is 36.8 Å². The normalized spacial score (nSPS) is 23.6. The minimum Gasteiger partial charge on any atom is -0.338 e. The van der Waals surface area contributed by atoms with Gasteiger partial charge in [-0.15, -0.1) is 0 Å². The van der Waals surface area contributed by atoms with E-state index in [9.17, 15) is 13.6 Å². The molecule has 0 spiro atoms. The number of piperidine rings is 2. The van der Waals surface area contributed by atoms with Crippen LogP contribution in [-0.2, 0) is 6.54 Å². The molecule has 26 heavy (non-hydrogen) atoms. The van der Waals surface area contributed by atoms with Crippen molar-refractivity contribution in [2.45, 2.75) is 57.0 Å². The number of urea groups is 1. The lowest BCUT2D eigenvalue weighted by molar-refractivity contribution is -0.0469. The SMILES string of the molecule is O=C(NCC[C@@H]1CCCCN1Cc1ccccc1)N1CCC(F)(F)CC1. The number of benzene rings is 1. The molecule has 0 aromatic heterocycles. The Morgan fingerprint density at radius 2 is 1.85 bits per heavy atom. The fourth-order valence-corrected chi connectivity index (χ4v) is 3.91. The van der Waals surface area contributed by atoms with E-state index in [-0.39, 0.29) is 32.0 Å². The number of amides is 2. The summed E-state index contributed by atoms with van der Waals surface area (Å²) in [5.74, 6) is -2.61. The van der Waals surface area contributed by atoms with Crippen LogP contribution in [0, 0.1) is 0 Å². The predicted molar refractivity (Wildman–Crippen MR) is 98.3 cm³/mol. The topological polar surface area (TPSA) is 35.6 Å². The first kappa shape index (κ1) is 19.1. The molecule has 2 amide bonds. The predicted octanol–water partition coefficient (Wildman–Crippen LogP) is 3.87. The Morgan fingerprint density at radius 3 is 2.58 bits per heavy atom. The van der Waals surface area contributed by atoms with Crippen LogP contribution in [-0.4, -0.2) is 54.0 Å². The molecular weight excluding hydrogens is 336 g/mol. The summed E-state index contributed by atoms with van der Waals surface area (Å²) in [4.78, 5) is 16.2. The lowest BCUT2D eigenvalue weighted by atomic mass is 9.98. The van der Waals surface area contributed by atoms with Crippen molar-refractivity contribution in [1.82, 2.24) is 15.1 Å². The summed E-state index contributed by atoms with van der Waals surface area (Å²) < 4.78 is 26.4. The Balaban J connectivity index is 1.43. The molecule has 0 radical (unpaired) electrons. The number of carbonyl (C=O) groups excluding carboxylic acids is 1. The Kier molecular flexibility index (Phi) is 6.46. The maximum absolute atomic E-state index is 13.2. The van der Waals surface area contributed by atoms with E-state index < -0.39 is 5.92 Å². The molecule has 1 aromatic carbocycles. The van der Waals surface area contributed by atoms with Gasteiger partial charge in [0.1, 0.15) is 0 Å². The van der Waals surface area contributed by atoms with Crippen LogP contribution in [0.15, 0.2) is 30.3 Å². The molecule has 2 aliphatic rings. The van der Waals surface area contributed by atoms with E-state index in [1.807, 2.05) is 6.07 Å². The molecule has 4 nitrogen and oxygen atoms in total. The summed E-state index contributed by atoms with van der Waals surface area (Å²) in [6.45, 7) is 2.92. The van der Waals surface area contributed by atoms with E-state index in [0.717, 1.165) is 25.9 Å². The van der Waals surface area contributed by atoms with E-state index in [1.165, 1.54) is 23.3 Å². The van der Waals surface area contributed by atoms with Crippen LogP contribution in [0.1, 0.15) is 44.1 Å². The van der Waals surface area contributed by atoms with Crippen LogP contribution in [0.2, 0.25) is 0 Å². The van der Waals surface area contributed by atoms with E-state index in [4.69, 9.17) is 0 Å². The molecule has 0 bridgehead atoms. The minimum absolute atomic E-state index is 0.141. The van der Waals surface area contributed by atoms with Crippen molar-refractivity contribution in [3.63, 3.8) is 0 Å². The number of nitrogens with one attached hydrogen (secondary N) is 1. The van der Waals surface area contributed by atoms with Gasteiger partial charge in [0.05, 0.1) is 0 Å². The van der Waals surface area contributed by atoms with Gasteiger partial charge in [0.25, 0.3) is 5.92 Å². The third-order valence-corrected chi connectivity index (χ3v) is 5.51. The Morgan fingerprint density at radius 1 is 1.12 bits per heavy atom. The van der Waals surface area contributed by atoms with Gasteiger partial charge >= 0.3 is 6.03 Å². The van der Waals surface area contributed by atoms with Crippen molar-refractivity contribution in [3.8, 4) is 0 Å². The van der Waals surface area contributed by atoms with Crippen molar-refractivity contribution in [2.24, 2.45) is 0 Å². The Hall–Kier alpha value is -1.69. The molecule has 1 atom stereocenters.